The summed E-state index contributed by atoms with van der Waals surface area (Å²) in [5.74, 6) is 0.741. The molecule has 0 saturated carbocycles. The number of aromatic amines is 1. The minimum absolute atomic E-state index is 0.00809. The van der Waals surface area contributed by atoms with Crippen LogP contribution in [0.3, 0.4) is 0 Å². The van der Waals surface area contributed by atoms with Crippen LogP contribution >= 0.6 is 11.6 Å². The first-order chi connectivity index (χ1) is 13.2. The number of ether oxygens (including phenoxy) is 1. The second-order valence-electron chi connectivity index (χ2n) is 6.90. The zero-order valence-electron chi connectivity index (χ0n) is 15.3. The smallest absolute Gasteiger partial charge is 0.278 e. The van der Waals surface area contributed by atoms with E-state index in [1.54, 1.807) is 6.33 Å². The lowest BCUT2D eigenvalue weighted by Crippen LogP contribution is -2.37. The third-order valence-corrected chi connectivity index (χ3v) is 5.47. The highest BCUT2D eigenvalue weighted by molar-refractivity contribution is 6.32. The number of H-pyrrole nitrogens is 1. The molecule has 3 aromatic rings. The maximum atomic E-state index is 12.6. The van der Waals surface area contributed by atoms with Crippen LogP contribution in [0.1, 0.15) is 31.4 Å². The first-order valence-electron chi connectivity index (χ1n) is 9.33. The summed E-state index contributed by atoms with van der Waals surface area (Å²) in [4.78, 5) is 22.2. The molecule has 1 fully saturated rings. The van der Waals surface area contributed by atoms with E-state index in [2.05, 4.69) is 14.9 Å². The molecule has 1 saturated heterocycles. The van der Waals surface area contributed by atoms with Gasteiger partial charge in [-0.05, 0) is 43.5 Å². The Kier molecular flexibility index (Phi) is 5.18. The summed E-state index contributed by atoms with van der Waals surface area (Å²) in [5.41, 5.74) is 2.49. The summed E-state index contributed by atoms with van der Waals surface area (Å²) in [7, 11) is 0. The SMILES string of the molecule is CCOc1cc(CN2CCC(n3ccc4[nH]cnc4c3=O)CC2)ccc1Cl. The van der Waals surface area contributed by atoms with Crippen molar-refractivity contribution in [1.82, 2.24) is 19.4 Å². The van der Waals surface area contributed by atoms with Crippen LogP contribution in [-0.2, 0) is 6.54 Å². The minimum Gasteiger partial charge on any atom is -0.492 e. The van der Waals surface area contributed by atoms with E-state index >= 15 is 0 Å². The molecule has 3 heterocycles. The van der Waals surface area contributed by atoms with E-state index < -0.39 is 0 Å². The molecular formula is C20H23ClN4O2. The van der Waals surface area contributed by atoms with Gasteiger partial charge in [-0.2, -0.15) is 0 Å². The van der Waals surface area contributed by atoms with Crippen LogP contribution in [0, 0.1) is 0 Å². The highest BCUT2D eigenvalue weighted by Crippen LogP contribution is 2.28. The topological polar surface area (TPSA) is 63.1 Å². The van der Waals surface area contributed by atoms with Crippen LogP contribution < -0.4 is 10.3 Å². The molecule has 2 aromatic heterocycles. The Hall–Kier alpha value is -2.31. The lowest BCUT2D eigenvalue weighted by Gasteiger charge is -2.33. The summed E-state index contributed by atoms with van der Waals surface area (Å²) in [5, 5.41) is 0.646. The van der Waals surface area contributed by atoms with Gasteiger partial charge in [0.25, 0.3) is 5.56 Å². The van der Waals surface area contributed by atoms with Crippen LogP contribution in [0.2, 0.25) is 5.02 Å². The molecule has 0 atom stereocenters. The summed E-state index contributed by atoms with van der Waals surface area (Å²) < 4.78 is 7.43. The largest absolute Gasteiger partial charge is 0.492 e. The molecule has 0 aliphatic carbocycles. The number of piperidine rings is 1. The molecule has 0 spiro atoms. The van der Waals surface area contributed by atoms with Gasteiger partial charge in [-0.15, -0.1) is 0 Å². The van der Waals surface area contributed by atoms with Crippen molar-refractivity contribution in [2.75, 3.05) is 19.7 Å². The van der Waals surface area contributed by atoms with Gasteiger partial charge in [0.15, 0.2) is 5.52 Å². The van der Waals surface area contributed by atoms with Crippen molar-refractivity contribution in [3.8, 4) is 5.75 Å². The molecule has 27 heavy (non-hydrogen) atoms. The molecular weight excluding hydrogens is 364 g/mol. The highest BCUT2D eigenvalue weighted by atomic mass is 35.5. The van der Waals surface area contributed by atoms with Crippen molar-refractivity contribution < 1.29 is 4.74 Å². The number of hydrogen-bond donors (Lipinski definition) is 1. The quantitative estimate of drug-likeness (QED) is 0.727. The van der Waals surface area contributed by atoms with Gasteiger partial charge in [0, 0.05) is 31.9 Å². The maximum absolute atomic E-state index is 12.6. The fraction of sp³-hybridized carbons (Fsp3) is 0.400. The number of nitrogens with zero attached hydrogens (tertiary/aromatic N) is 3. The van der Waals surface area contributed by atoms with Gasteiger partial charge in [0.05, 0.1) is 23.5 Å². The van der Waals surface area contributed by atoms with Crippen LogP contribution in [0.15, 0.2) is 41.6 Å². The Balaban J connectivity index is 1.42. The number of aromatic nitrogens is 3. The third kappa shape index (κ3) is 3.73. The molecule has 0 amide bonds. The van der Waals surface area contributed by atoms with E-state index in [0.29, 0.717) is 17.1 Å². The molecule has 142 valence electrons. The number of benzene rings is 1. The number of likely N-dealkylation sites (tertiary alicyclic amines) is 1. The molecule has 0 bridgehead atoms. The number of halogens is 1. The number of pyridine rings is 1. The summed E-state index contributed by atoms with van der Waals surface area (Å²) in [6.45, 7) is 5.31. The predicted octanol–water partition coefficient (Wildman–Crippen LogP) is 3.61. The highest BCUT2D eigenvalue weighted by Gasteiger charge is 2.22. The van der Waals surface area contributed by atoms with Crippen LogP contribution in [0.4, 0.5) is 0 Å². The molecule has 1 aromatic carbocycles. The zero-order valence-corrected chi connectivity index (χ0v) is 16.1. The van der Waals surface area contributed by atoms with Crippen molar-refractivity contribution in [2.45, 2.75) is 32.4 Å². The van der Waals surface area contributed by atoms with Gasteiger partial charge in [-0.3, -0.25) is 9.69 Å². The summed E-state index contributed by atoms with van der Waals surface area (Å²) in [6, 6.07) is 8.12. The molecule has 4 rings (SSSR count). The normalized spacial score (nSPS) is 16.1. The first-order valence-corrected chi connectivity index (χ1v) is 9.71. The lowest BCUT2D eigenvalue weighted by atomic mass is 10.0. The van der Waals surface area contributed by atoms with Crippen LogP contribution in [-0.4, -0.2) is 39.1 Å². The molecule has 7 heteroatoms. The van der Waals surface area contributed by atoms with Gasteiger partial charge in [0.2, 0.25) is 0 Å². The fourth-order valence-electron chi connectivity index (χ4n) is 3.76. The Morgan fingerprint density at radius 3 is 2.89 bits per heavy atom. The number of imidazole rings is 1. The summed E-state index contributed by atoms with van der Waals surface area (Å²) >= 11 is 6.17. The molecule has 1 N–H and O–H groups in total. The molecule has 1 aliphatic heterocycles. The van der Waals surface area contributed by atoms with Crippen LogP contribution in [0.25, 0.3) is 11.0 Å². The maximum Gasteiger partial charge on any atom is 0.278 e. The summed E-state index contributed by atoms with van der Waals surface area (Å²) in [6.07, 6.45) is 5.35. The number of fused-ring (bicyclic) bond motifs is 1. The Morgan fingerprint density at radius 1 is 1.30 bits per heavy atom. The zero-order chi connectivity index (χ0) is 18.8. The standard InChI is InChI=1S/C20H23ClN4O2/c1-2-27-18-11-14(3-4-16(18)21)12-24-8-5-15(6-9-24)25-10-7-17-19(20(25)26)23-13-22-17/h3-4,7,10-11,13,15H,2,5-6,8-9,12H2,1H3,(H,22,23). The second kappa shape index (κ2) is 7.74. The number of nitrogens with one attached hydrogen (secondary N) is 1. The Morgan fingerprint density at radius 2 is 2.11 bits per heavy atom. The van der Waals surface area contributed by atoms with Crippen molar-refractivity contribution in [3.05, 3.63) is 57.7 Å². The van der Waals surface area contributed by atoms with Gasteiger partial charge in [-0.25, -0.2) is 4.98 Å². The van der Waals surface area contributed by atoms with Crippen molar-refractivity contribution in [3.63, 3.8) is 0 Å². The first kappa shape index (κ1) is 18.1. The van der Waals surface area contributed by atoms with Gasteiger partial charge in [0.1, 0.15) is 5.75 Å². The van der Waals surface area contributed by atoms with E-state index in [0.717, 1.165) is 43.7 Å². The van der Waals surface area contributed by atoms with Gasteiger partial charge in [-0.1, -0.05) is 17.7 Å². The second-order valence-corrected chi connectivity index (χ2v) is 7.31. The fourth-order valence-corrected chi connectivity index (χ4v) is 3.93. The van der Waals surface area contributed by atoms with Crippen LogP contribution in [0.5, 0.6) is 5.75 Å². The molecule has 1 aliphatic rings. The number of hydrogen-bond acceptors (Lipinski definition) is 4. The average molecular weight is 387 g/mol. The van der Waals surface area contributed by atoms with Crippen molar-refractivity contribution >= 4 is 22.6 Å². The monoisotopic (exact) mass is 386 g/mol. The Labute approximate surface area is 162 Å². The minimum atomic E-state index is -0.00809. The van der Waals surface area contributed by atoms with E-state index in [1.165, 1.54) is 5.56 Å². The van der Waals surface area contributed by atoms with E-state index in [1.807, 2.05) is 42.0 Å². The van der Waals surface area contributed by atoms with Gasteiger partial charge < -0.3 is 14.3 Å². The van der Waals surface area contributed by atoms with Gasteiger partial charge >= 0.3 is 0 Å². The Bertz CT molecular complexity index is 989. The van der Waals surface area contributed by atoms with E-state index in [4.69, 9.17) is 16.3 Å². The van der Waals surface area contributed by atoms with E-state index in [9.17, 15) is 4.79 Å². The van der Waals surface area contributed by atoms with Crippen molar-refractivity contribution in [2.24, 2.45) is 0 Å². The molecule has 0 radical (unpaired) electrons. The predicted molar refractivity (Wildman–Crippen MR) is 107 cm³/mol. The lowest BCUT2D eigenvalue weighted by molar-refractivity contribution is 0.178. The van der Waals surface area contributed by atoms with Crippen molar-refractivity contribution in [1.29, 1.82) is 0 Å². The number of rotatable bonds is 5. The molecule has 0 unspecified atom stereocenters. The average Bonchev–Trinajstić information content (AvgIpc) is 3.16. The van der Waals surface area contributed by atoms with E-state index in [-0.39, 0.29) is 11.6 Å². The molecule has 6 nitrogen and oxygen atoms in total. The third-order valence-electron chi connectivity index (χ3n) is 5.16.